The zero-order valence-corrected chi connectivity index (χ0v) is 11.6. The largest absolute Gasteiger partial charge is 0.353 e. The SMILES string of the molecule is CCOC(C)OC(c1ccccc1)C(C)(C)C. The first-order valence-corrected chi connectivity index (χ1v) is 6.27. The Hall–Kier alpha value is -0.860. The first kappa shape index (κ1) is 14.2. The predicted molar refractivity (Wildman–Crippen MR) is 70.8 cm³/mol. The molecule has 0 saturated heterocycles. The van der Waals surface area contributed by atoms with Gasteiger partial charge in [-0.05, 0) is 24.8 Å². The van der Waals surface area contributed by atoms with Crippen LogP contribution < -0.4 is 0 Å². The third-order valence-electron chi connectivity index (χ3n) is 2.62. The zero-order chi connectivity index (χ0) is 12.9. The van der Waals surface area contributed by atoms with Crippen molar-refractivity contribution in [2.45, 2.75) is 47.0 Å². The summed E-state index contributed by atoms with van der Waals surface area (Å²) < 4.78 is 11.5. The standard InChI is InChI=1S/C15H24O2/c1-6-16-12(2)17-14(15(3,4)5)13-10-8-7-9-11-13/h7-12,14H,6H2,1-5H3. The van der Waals surface area contributed by atoms with E-state index in [1.165, 1.54) is 5.56 Å². The van der Waals surface area contributed by atoms with E-state index in [0.29, 0.717) is 6.61 Å². The lowest BCUT2D eigenvalue weighted by Crippen LogP contribution is -2.26. The molecule has 2 unspecified atom stereocenters. The smallest absolute Gasteiger partial charge is 0.155 e. The fourth-order valence-corrected chi connectivity index (χ4v) is 1.88. The van der Waals surface area contributed by atoms with Gasteiger partial charge in [-0.3, -0.25) is 0 Å². The van der Waals surface area contributed by atoms with Crippen LogP contribution in [0.25, 0.3) is 0 Å². The van der Waals surface area contributed by atoms with Gasteiger partial charge in [0.2, 0.25) is 0 Å². The molecule has 2 heteroatoms. The van der Waals surface area contributed by atoms with Crippen LogP contribution >= 0.6 is 0 Å². The lowest BCUT2D eigenvalue weighted by atomic mass is 9.84. The highest BCUT2D eigenvalue weighted by Crippen LogP contribution is 2.36. The third kappa shape index (κ3) is 4.49. The maximum absolute atomic E-state index is 6.02. The molecule has 0 aliphatic rings. The van der Waals surface area contributed by atoms with Crippen molar-refractivity contribution in [1.82, 2.24) is 0 Å². The quantitative estimate of drug-likeness (QED) is 0.714. The number of hydrogen-bond donors (Lipinski definition) is 0. The monoisotopic (exact) mass is 236 g/mol. The number of ether oxygens (including phenoxy) is 2. The van der Waals surface area contributed by atoms with E-state index < -0.39 is 0 Å². The molecule has 0 bridgehead atoms. The van der Waals surface area contributed by atoms with Crippen molar-refractivity contribution in [1.29, 1.82) is 0 Å². The summed E-state index contributed by atoms with van der Waals surface area (Å²) in [4.78, 5) is 0. The highest BCUT2D eigenvalue weighted by Gasteiger charge is 2.28. The summed E-state index contributed by atoms with van der Waals surface area (Å²) >= 11 is 0. The molecule has 0 heterocycles. The summed E-state index contributed by atoms with van der Waals surface area (Å²) in [6.45, 7) is 11.2. The van der Waals surface area contributed by atoms with E-state index in [0.717, 1.165) is 0 Å². The van der Waals surface area contributed by atoms with Gasteiger partial charge in [0.1, 0.15) is 0 Å². The zero-order valence-electron chi connectivity index (χ0n) is 11.6. The van der Waals surface area contributed by atoms with Crippen LogP contribution in [0.4, 0.5) is 0 Å². The van der Waals surface area contributed by atoms with E-state index in [9.17, 15) is 0 Å². The molecule has 0 saturated carbocycles. The maximum atomic E-state index is 6.02. The molecular weight excluding hydrogens is 212 g/mol. The van der Waals surface area contributed by atoms with Gasteiger partial charge in [0.15, 0.2) is 6.29 Å². The van der Waals surface area contributed by atoms with Crippen LogP contribution in [0.15, 0.2) is 30.3 Å². The van der Waals surface area contributed by atoms with Gasteiger partial charge in [0, 0.05) is 6.61 Å². The molecule has 0 fully saturated rings. The average Bonchev–Trinajstić information content (AvgIpc) is 2.26. The van der Waals surface area contributed by atoms with E-state index >= 15 is 0 Å². The van der Waals surface area contributed by atoms with Gasteiger partial charge in [0.25, 0.3) is 0 Å². The molecule has 2 atom stereocenters. The van der Waals surface area contributed by atoms with Crippen LogP contribution in [0.3, 0.4) is 0 Å². The van der Waals surface area contributed by atoms with Crippen molar-refractivity contribution < 1.29 is 9.47 Å². The molecule has 1 rings (SSSR count). The molecule has 0 amide bonds. The molecular formula is C15H24O2. The van der Waals surface area contributed by atoms with E-state index in [2.05, 4.69) is 32.9 Å². The van der Waals surface area contributed by atoms with Gasteiger partial charge in [-0.25, -0.2) is 0 Å². The normalized spacial score (nSPS) is 15.6. The van der Waals surface area contributed by atoms with Crippen molar-refractivity contribution in [2.75, 3.05) is 6.61 Å². The summed E-state index contributed by atoms with van der Waals surface area (Å²) in [6.07, 6.45) is -0.130. The maximum Gasteiger partial charge on any atom is 0.155 e. The number of hydrogen-bond acceptors (Lipinski definition) is 2. The van der Waals surface area contributed by atoms with Crippen molar-refractivity contribution in [3.63, 3.8) is 0 Å². The summed E-state index contributed by atoms with van der Waals surface area (Å²) in [5.41, 5.74) is 1.25. The molecule has 0 aromatic heterocycles. The van der Waals surface area contributed by atoms with Crippen LogP contribution in [-0.4, -0.2) is 12.9 Å². The van der Waals surface area contributed by atoms with Crippen LogP contribution in [0.2, 0.25) is 0 Å². The molecule has 1 aromatic carbocycles. The second-order valence-electron chi connectivity index (χ2n) is 5.32. The van der Waals surface area contributed by atoms with Gasteiger partial charge in [0.05, 0.1) is 6.10 Å². The van der Waals surface area contributed by atoms with Crippen molar-refractivity contribution in [2.24, 2.45) is 5.41 Å². The summed E-state index contributed by atoms with van der Waals surface area (Å²) in [5, 5.41) is 0. The van der Waals surface area contributed by atoms with Crippen molar-refractivity contribution in [3.8, 4) is 0 Å². The lowest BCUT2D eigenvalue weighted by Gasteiger charge is -2.33. The molecule has 1 aromatic rings. The Morgan fingerprint density at radius 3 is 2.18 bits per heavy atom. The topological polar surface area (TPSA) is 18.5 Å². The fourth-order valence-electron chi connectivity index (χ4n) is 1.88. The van der Waals surface area contributed by atoms with E-state index in [1.807, 2.05) is 32.0 Å². The Balaban J connectivity index is 2.83. The van der Waals surface area contributed by atoms with E-state index in [4.69, 9.17) is 9.47 Å². The Morgan fingerprint density at radius 2 is 1.71 bits per heavy atom. The Bertz CT molecular complexity index is 313. The average molecular weight is 236 g/mol. The molecule has 0 radical (unpaired) electrons. The third-order valence-corrected chi connectivity index (χ3v) is 2.62. The Kier molecular flexibility index (Phi) is 5.16. The Labute approximate surface area is 105 Å². The van der Waals surface area contributed by atoms with Crippen molar-refractivity contribution in [3.05, 3.63) is 35.9 Å². The van der Waals surface area contributed by atoms with E-state index in [1.54, 1.807) is 0 Å². The predicted octanol–water partition coefficient (Wildman–Crippen LogP) is 4.17. The minimum atomic E-state index is -0.176. The van der Waals surface area contributed by atoms with Gasteiger partial charge in [-0.15, -0.1) is 0 Å². The minimum Gasteiger partial charge on any atom is -0.353 e. The Morgan fingerprint density at radius 1 is 1.12 bits per heavy atom. The van der Waals surface area contributed by atoms with Gasteiger partial charge in [-0.1, -0.05) is 51.1 Å². The molecule has 0 spiro atoms. The highest BCUT2D eigenvalue weighted by molar-refractivity contribution is 5.19. The van der Waals surface area contributed by atoms with Crippen LogP contribution in [0, 0.1) is 5.41 Å². The van der Waals surface area contributed by atoms with E-state index in [-0.39, 0.29) is 17.8 Å². The molecule has 2 nitrogen and oxygen atoms in total. The second kappa shape index (κ2) is 6.18. The van der Waals surface area contributed by atoms with Crippen LogP contribution in [-0.2, 0) is 9.47 Å². The number of rotatable bonds is 5. The number of benzene rings is 1. The summed E-state index contributed by atoms with van der Waals surface area (Å²) in [6, 6.07) is 10.3. The first-order valence-electron chi connectivity index (χ1n) is 6.27. The lowest BCUT2D eigenvalue weighted by molar-refractivity contribution is -0.183. The summed E-state index contributed by atoms with van der Waals surface area (Å²) in [7, 11) is 0. The van der Waals surface area contributed by atoms with Gasteiger partial charge >= 0.3 is 0 Å². The van der Waals surface area contributed by atoms with Gasteiger partial charge < -0.3 is 9.47 Å². The second-order valence-corrected chi connectivity index (χ2v) is 5.32. The van der Waals surface area contributed by atoms with Gasteiger partial charge in [-0.2, -0.15) is 0 Å². The highest BCUT2D eigenvalue weighted by atomic mass is 16.7. The van der Waals surface area contributed by atoms with Crippen molar-refractivity contribution >= 4 is 0 Å². The summed E-state index contributed by atoms with van der Waals surface area (Å²) in [5.74, 6) is 0. The molecule has 96 valence electrons. The molecule has 0 N–H and O–H groups in total. The first-order chi connectivity index (χ1) is 7.95. The van der Waals surface area contributed by atoms with Crippen LogP contribution in [0.1, 0.15) is 46.3 Å². The minimum absolute atomic E-state index is 0.0465. The molecule has 0 aliphatic heterocycles. The van der Waals surface area contributed by atoms with Crippen LogP contribution in [0.5, 0.6) is 0 Å². The molecule has 0 aliphatic carbocycles. The molecule has 17 heavy (non-hydrogen) atoms. The fraction of sp³-hybridized carbons (Fsp3) is 0.600.